The number of amides is 1. The molecule has 1 fully saturated rings. The first-order valence-corrected chi connectivity index (χ1v) is 15.4. The molecule has 0 spiro atoms. The molecule has 11 heteroatoms. The summed E-state index contributed by atoms with van der Waals surface area (Å²) in [5, 5.41) is 2.31. The van der Waals surface area contributed by atoms with Gasteiger partial charge in [-0.2, -0.15) is 4.98 Å². The molecular formula is C26H36N6O2S3. The first-order chi connectivity index (χ1) is 17.7. The van der Waals surface area contributed by atoms with Crippen LogP contribution in [0.25, 0.3) is 11.2 Å². The van der Waals surface area contributed by atoms with Crippen LogP contribution in [0, 0.1) is 6.92 Å². The van der Waals surface area contributed by atoms with Crippen LogP contribution in [0.4, 0.5) is 0 Å². The van der Waals surface area contributed by atoms with Crippen molar-refractivity contribution in [3.05, 3.63) is 35.7 Å². The monoisotopic (exact) mass is 560 g/mol. The van der Waals surface area contributed by atoms with E-state index in [4.69, 9.17) is 15.1 Å². The SMILES string of the molecule is Cc1cc(SC(C)C)c(C(C(N)=O)N2CCN(CCSc3nc4ncccc4o3)CC2)c(SC(C)C)n1. The smallest absolute Gasteiger partial charge is 0.258 e. The Hall–Kier alpha value is -1.79. The van der Waals surface area contributed by atoms with Crippen molar-refractivity contribution in [3.8, 4) is 0 Å². The summed E-state index contributed by atoms with van der Waals surface area (Å²) in [6, 6.07) is 5.35. The van der Waals surface area contributed by atoms with Gasteiger partial charge in [0, 0.05) is 71.3 Å². The molecule has 8 nitrogen and oxygen atoms in total. The van der Waals surface area contributed by atoms with Gasteiger partial charge in [0.2, 0.25) is 5.91 Å². The lowest BCUT2D eigenvalue weighted by Gasteiger charge is -2.39. The highest BCUT2D eigenvalue weighted by Gasteiger charge is 2.34. The molecule has 1 atom stereocenters. The largest absolute Gasteiger partial charge is 0.430 e. The molecule has 0 radical (unpaired) electrons. The number of hydrogen-bond acceptors (Lipinski definition) is 10. The summed E-state index contributed by atoms with van der Waals surface area (Å²) in [6.45, 7) is 14.9. The molecule has 3 aromatic heterocycles. The molecule has 4 heterocycles. The molecule has 1 amide bonds. The second-order valence-corrected chi connectivity index (χ2v) is 13.9. The van der Waals surface area contributed by atoms with Crippen LogP contribution in [0.15, 0.2) is 44.0 Å². The van der Waals surface area contributed by atoms with Gasteiger partial charge in [0.25, 0.3) is 5.22 Å². The Balaban J connectivity index is 1.43. The van der Waals surface area contributed by atoms with E-state index in [1.165, 1.54) is 0 Å². The molecule has 0 bridgehead atoms. The maximum atomic E-state index is 12.9. The van der Waals surface area contributed by atoms with Gasteiger partial charge in [0.05, 0.1) is 0 Å². The Kier molecular flexibility index (Phi) is 9.79. The van der Waals surface area contributed by atoms with Crippen molar-refractivity contribution in [2.75, 3.05) is 38.5 Å². The minimum Gasteiger partial charge on any atom is -0.430 e. The maximum absolute atomic E-state index is 12.9. The molecule has 1 saturated heterocycles. The van der Waals surface area contributed by atoms with Crippen LogP contribution in [0.2, 0.25) is 0 Å². The van der Waals surface area contributed by atoms with E-state index in [9.17, 15) is 4.79 Å². The molecule has 4 rings (SSSR count). The number of carbonyl (C=O) groups is 1. The fourth-order valence-corrected chi connectivity index (χ4v) is 7.33. The first-order valence-electron chi connectivity index (χ1n) is 12.7. The summed E-state index contributed by atoms with van der Waals surface area (Å²) >= 11 is 5.09. The Morgan fingerprint density at radius 1 is 1.11 bits per heavy atom. The number of hydrogen-bond donors (Lipinski definition) is 1. The van der Waals surface area contributed by atoms with Crippen molar-refractivity contribution in [1.82, 2.24) is 24.8 Å². The van der Waals surface area contributed by atoms with E-state index in [0.29, 0.717) is 27.0 Å². The summed E-state index contributed by atoms with van der Waals surface area (Å²) in [6.07, 6.45) is 1.72. The van der Waals surface area contributed by atoms with E-state index in [1.54, 1.807) is 41.5 Å². The normalized spacial score (nSPS) is 16.2. The van der Waals surface area contributed by atoms with Gasteiger partial charge < -0.3 is 10.2 Å². The van der Waals surface area contributed by atoms with Crippen LogP contribution in [-0.4, -0.2) is 79.6 Å². The number of aromatic nitrogens is 3. The fourth-order valence-electron chi connectivity index (χ4n) is 4.36. The number of nitrogens with zero attached hydrogens (tertiary/aromatic N) is 5. The molecule has 37 heavy (non-hydrogen) atoms. The number of nitrogens with two attached hydrogens (primary N) is 1. The van der Waals surface area contributed by atoms with Crippen LogP contribution in [0.1, 0.15) is 45.0 Å². The first kappa shape index (κ1) is 28.2. The summed E-state index contributed by atoms with van der Waals surface area (Å²) in [7, 11) is 0. The Morgan fingerprint density at radius 2 is 1.84 bits per heavy atom. The lowest BCUT2D eigenvalue weighted by Crippen LogP contribution is -2.51. The minimum atomic E-state index is -0.487. The number of thioether (sulfide) groups is 3. The van der Waals surface area contributed by atoms with Crippen molar-refractivity contribution < 1.29 is 9.21 Å². The molecule has 1 unspecified atom stereocenters. The number of rotatable bonds is 11. The van der Waals surface area contributed by atoms with Crippen molar-refractivity contribution in [2.24, 2.45) is 5.73 Å². The fraction of sp³-hybridized carbons (Fsp3) is 0.538. The average Bonchev–Trinajstić information content (AvgIpc) is 3.24. The minimum absolute atomic E-state index is 0.310. The van der Waals surface area contributed by atoms with Gasteiger partial charge in [-0.15, -0.1) is 23.5 Å². The molecule has 0 aromatic carbocycles. The van der Waals surface area contributed by atoms with Gasteiger partial charge in [-0.1, -0.05) is 39.5 Å². The Morgan fingerprint density at radius 3 is 2.49 bits per heavy atom. The Labute approximate surface area is 231 Å². The highest BCUT2D eigenvalue weighted by atomic mass is 32.2. The summed E-state index contributed by atoms with van der Waals surface area (Å²) < 4.78 is 5.77. The van der Waals surface area contributed by atoms with Gasteiger partial charge in [0.15, 0.2) is 11.2 Å². The molecular weight excluding hydrogens is 525 g/mol. The number of pyridine rings is 2. The van der Waals surface area contributed by atoms with Crippen LogP contribution < -0.4 is 5.73 Å². The summed E-state index contributed by atoms with van der Waals surface area (Å²) in [5.41, 5.74) is 9.39. The molecule has 2 N–H and O–H groups in total. The van der Waals surface area contributed by atoms with Crippen LogP contribution in [0.3, 0.4) is 0 Å². The molecule has 0 aliphatic carbocycles. The van der Waals surface area contributed by atoms with E-state index in [2.05, 4.69) is 53.5 Å². The van der Waals surface area contributed by atoms with Gasteiger partial charge in [-0.3, -0.25) is 14.6 Å². The van der Waals surface area contributed by atoms with E-state index in [1.807, 2.05) is 19.1 Å². The van der Waals surface area contributed by atoms with Crippen LogP contribution in [0.5, 0.6) is 0 Å². The third-order valence-electron chi connectivity index (χ3n) is 5.92. The second-order valence-electron chi connectivity index (χ2n) is 9.65. The lowest BCUT2D eigenvalue weighted by atomic mass is 10.0. The lowest BCUT2D eigenvalue weighted by molar-refractivity contribution is -0.124. The second kappa shape index (κ2) is 12.8. The molecule has 1 aliphatic heterocycles. The van der Waals surface area contributed by atoms with Crippen molar-refractivity contribution in [1.29, 1.82) is 0 Å². The van der Waals surface area contributed by atoms with Gasteiger partial charge in [-0.25, -0.2) is 9.97 Å². The third kappa shape index (κ3) is 7.41. The van der Waals surface area contributed by atoms with E-state index < -0.39 is 6.04 Å². The quantitative estimate of drug-likeness (QED) is 0.327. The zero-order chi connectivity index (χ0) is 26.5. The number of primary amides is 1. The number of piperazine rings is 1. The zero-order valence-corrected chi connectivity index (χ0v) is 24.6. The molecule has 1 aliphatic rings. The van der Waals surface area contributed by atoms with Crippen molar-refractivity contribution in [2.45, 2.75) is 66.3 Å². The highest BCUT2D eigenvalue weighted by molar-refractivity contribution is 8.00. The average molecular weight is 561 g/mol. The zero-order valence-electron chi connectivity index (χ0n) is 22.1. The topological polar surface area (TPSA) is 101 Å². The Bertz CT molecular complexity index is 1150. The number of carbonyl (C=O) groups excluding carboxylic acids is 1. The van der Waals surface area contributed by atoms with Crippen LogP contribution in [-0.2, 0) is 4.79 Å². The number of aryl methyl sites for hydroxylation is 1. The van der Waals surface area contributed by atoms with Crippen LogP contribution >= 0.6 is 35.3 Å². The van der Waals surface area contributed by atoms with Gasteiger partial charge in [-0.05, 0) is 25.1 Å². The maximum Gasteiger partial charge on any atom is 0.258 e. The van der Waals surface area contributed by atoms with E-state index in [0.717, 1.165) is 59.7 Å². The van der Waals surface area contributed by atoms with Crippen molar-refractivity contribution >= 4 is 52.4 Å². The molecule has 0 saturated carbocycles. The van der Waals surface area contributed by atoms with Gasteiger partial charge >= 0.3 is 0 Å². The molecule has 200 valence electrons. The predicted molar refractivity (Wildman–Crippen MR) is 153 cm³/mol. The highest BCUT2D eigenvalue weighted by Crippen LogP contribution is 2.40. The predicted octanol–water partition coefficient (Wildman–Crippen LogP) is 4.86. The van der Waals surface area contributed by atoms with Crippen molar-refractivity contribution in [3.63, 3.8) is 0 Å². The number of oxazole rings is 1. The van der Waals surface area contributed by atoms with Gasteiger partial charge in [0.1, 0.15) is 11.1 Å². The number of fused-ring (bicyclic) bond motifs is 1. The summed E-state index contributed by atoms with van der Waals surface area (Å²) in [5.74, 6) is 0.564. The molecule has 3 aromatic rings. The van der Waals surface area contributed by atoms with E-state index in [-0.39, 0.29) is 5.91 Å². The van der Waals surface area contributed by atoms with E-state index >= 15 is 0 Å². The summed E-state index contributed by atoms with van der Waals surface area (Å²) in [4.78, 5) is 32.2. The standard InChI is InChI=1S/C26H36N6O2S3/c1-16(2)36-20-15-18(5)29-25(37-17(3)4)21(20)22(23(27)33)32-11-9-31(10-12-32)13-14-35-26-30-24-19(34-26)7-6-8-28-24/h6-8,15-17,22H,9-14H2,1-5H3,(H2,27,33). The third-order valence-corrected chi connectivity index (χ3v) is 8.79.